The average Bonchev–Trinajstić information content (AvgIpc) is 2.45. The van der Waals surface area contributed by atoms with Gasteiger partial charge in [-0.2, -0.15) is 0 Å². The lowest BCUT2D eigenvalue weighted by atomic mass is 9.97. The Kier molecular flexibility index (Phi) is 5.54. The predicted molar refractivity (Wildman–Crippen MR) is 73.9 cm³/mol. The van der Waals surface area contributed by atoms with Crippen LogP contribution in [0.15, 0.2) is 18.3 Å². The van der Waals surface area contributed by atoms with Crippen LogP contribution in [0.5, 0.6) is 0 Å². The summed E-state index contributed by atoms with van der Waals surface area (Å²) in [6.07, 6.45) is 3.81. The maximum Gasteiger partial charge on any atom is 0.165 e. The summed E-state index contributed by atoms with van der Waals surface area (Å²) >= 11 is 0. The zero-order chi connectivity index (χ0) is 13.5. The van der Waals surface area contributed by atoms with Crippen molar-refractivity contribution >= 4 is 5.82 Å². The standard InChI is InChI=1S/C14H22FN3O/c1-19-10-7-16-11-12-4-8-18(9-5-12)14-13(15)3-2-6-17-14/h2-3,6,12,16H,4-5,7-11H2,1H3. The Balaban J connectivity index is 1.75. The molecule has 106 valence electrons. The highest BCUT2D eigenvalue weighted by molar-refractivity contribution is 5.39. The minimum absolute atomic E-state index is 0.223. The molecule has 2 heterocycles. The van der Waals surface area contributed by atoms with Gasteiger partial charge in [0.2, 0.25) is 0 Å². The molecule has 5 heteroatoms. The Labute approximate surface area is 114 Å². The molecule has 0 bridgehead atoms. The maximum atomic E-state index is 13.6. The van der Waals surface area contributed by atoms with Gasteiger partial charge in [-0.05, 0) is 37.4 Å². The van der Waals surface area contributed by atoms with E-state index in [4.69, 9.17) is 4.74 Å². The number of piperidine rings is 1. The fourth-order valence-electron chi connectivity index (χ4n) is 2.44. The van der Waals surface area contributed by atoms with E-state index < -0.39 is 0 Å². The average molecular weight is 267 g/mol. The number of aromatic nitrogens is 1. The summed E-state index contributed by atoms with van der Waals surface area (Å²) in [7, 11) is 1.71. The summed E-state index contributed by atoms with van der Waals surface area (Å²) in [6, 6.07) is 3.10. The summed E-state index contributed by atoms with van der Waals surface area (Å²) in [4.78, 5) is 6.17. The van der Waals surface area contributed by atoms with Crippen LogP contribution in [0, 0.1) is 11.7 Å². The van der Waals surface area contributed by atoms with Crippen molar-refractivity contribution in [3.05, 3.63) is 24.1 Å². The molecule has 19 heavy (non-hydrogen) atoms. The molecule has 4 nitrogen and oxygen atoms in total. The highest BCUT2D eigenvalue weighted by Crippen LogP contribution is 2.23. The molecule has 1 aliphatic heterocycles. The smallest absolute Gasteiger partial charge is 0.165 e. The van der Waals surface area contributed by atoms with E-state index in [1.807, 2.05) is 4.90 Å². The Bertz CT molecular complexity index is 381. The fourth-order valence-corrected chi connectivity index (χ4v) is 2.44. The van der Waals surface area contributed by atoms with Crippen molar-refractivity contribution in [3.8, 4) is 0 Å². The van der Waals surface area contributed by atoms with Gasteiger partial charge >= 0.3 is 0 Å². The minimum atomic E-state index is -0.223. The van der Waals surface area contributed by atoms with Gasteiger partial charge in [-0.3, -0.25) is 0 Å². The van der Waals surface area contributed by atoms with Gasteiger partial charge in [0.05, 0.1) is 6.61 Å². The Morgan fingerprint density at radius 1 is 1.47 bits per heavy atom. The third-order valence-corrected chi connectivity index (χ3v) is 3.57. The third kappa shape index (κ3) is 4.14. The van der Waals surface area contributed by atoms with Crippen LogP contribution in [0.1, 0.15) is 12.8 Å². The molecular formula is C14H22FN3O. The molecule has 1 fully saturated rings. The summed E-state index contributed by atoms with van der Waals surface area (Å²) in [6.45, 7) is 4.42. The van der Waals surface area contributed by atoms with Crippen LogP contribution < -0.4 is 10.2 Å². The summed E-state index contributed by atoms with van der Waals surface area (Å²) in [5, 5.41) is 3.39. The lowest BCUT2D eigenvalue weighted by Gasteiger charge is -2.33. The quantitative estimate of drug-likeness (QED) is 0.796. The molecule has 2 rings (SSSR count). The van der Waals surface area contributed by atoms with Gasteiger partial charge in [-0.15, -0.1) is 0 Å². The number of anilines is 1. The number of hydrogen-bond donors (Lipinski definition) is 1. The normalized spacial score (nSPS) is 16.8. The van der Waals surface area contributed by atoms with Crippen molar-refractivity contribution in [2.45, 2.75) is 12.8 Å². The molecule has 0 saturated carbocycles. The van der Waals surface area contributed by atoms with Gasteiger partial charge in [-0.25, -0.2) is 9.37 Å². The van der Waals surface area contributed by atoms with Gasteiger partial charge < -0.3 is 15.0 Å². The van der Waals surface area contributed by atoms with E-state index in [1.54, 1.807) is 19.4 Å². The summed E-state index contributed by atoms with van der Waals surface area (Å²) in [5.41, 5.74) is 0. The van der Waals surface area contributed by atoms with Crippen molar-refractivity contribution in [3.63, 3.8) is 0 Å². The van der Waals surface area contributed by atoms with Crippen LogP contribution in [0.4, 0.5) is 10.2 Å². The molecule has 1 saturated heterocycles. The Morgan fingerprint density at radius 2 is 2.26 bits per heavy atom. The van der Waals surface area contributed by atoms with E-state index in [-0.39, 0.29) is 5.82 Å². The zero-order valence-electron chi connectivity index (χ0n) is 11.4. The monoisotopic (exact) mass is 267 g/mol. The summed E-state index contributed by atoms with van der Waals surface area (Å²) < 4.78 is 18.6. The van der Waals surface area contributed by atoms with Crippen molar-refractivity contribution in [2.24, 2.45) is 5.92 Å². The van der Waals surface area contributed by atoms with Gasteiger partial charge in [0, 0.05) is 32.9 Å². The minimum Gasteiger partial charge on any atom is -0.383 e. The van der Waals surface area contributed by atoms with Crippen molar-refractivity contribution in [2.75, 3.05) is 44.8 Å². The lowest BCUT2D eigenvalue weighted by Crippen LogP contribution is -2.38. The molecule has 0 amide bonds. The first-order valence-corrected chi connectivity index (χ1v) is 6.86. The first-order chi connectivity index (χ1) is 9.31. The van der Waals surface area contributed by atoms with Crippen LogP contribution in [-0.4, -0.2) is 44.9 Å². The molecular weight excluding hydrogens is 245 g/mol. The van der Waals surface area contributed by atoms with Crippen molar-refractivity contribution in [1.29, 1.82) is 0 Å². The second-order valence-electron chi connectivity index (χ2n) is 4.94. The number of halogens is 1. The van der Waals surface area contributed by atoms with Gasteiger partial charge in [0.15, 0.2) is 11.6 Å². The van der Waals surface area contributed by atoms with Crippen molar-refractivity contribution < 1.29 is 9.13 Å². The molecule has 0 aromatic carbocycles. The Hall–Kier alpha value is -1.20. The van der Waals surface area contributed by atoms with Crippen LogP contribution >= 0.6 is 0 Å². The van der Waals surface area contributed by atoms with Crippen LogP contribution in [0.2, 0.25) is 0 Å². The number of nitrogens with zero attached hydrogens (tertiary/aromatic N) is 2. The zero-order valence-corrected chi connectivity index (χ0v) is 11.4. The Morgan fingerprint density at radius 3 is 2.95 bits per heavy atom. The molecule has 0 aliphatic carbocycles. The topological polar surface area (TPSA) is 37.4 Å². The third-order valence-electron chi connectivity index (χ3n) is 3.57. The first kappa shape index (κ1) is 14.2. The number of ether oxygens (including phenoxy) is 1. The van der Waals surface area contributed by atoms with Crippen LogP contribution in [0.25, 0.3) is 0 Å². The number of methoxy groups -OCH3 is 1. The molecule has 0 radical (unpaired) electrons. The summed E-state index contributed by atoms with van der Waals surface area (Å²) in [5.74, 6) is 0.937. The molecule has 1 aromatic heterocycles. The number of rotatable bonds is 6. The predicted octanol–water partition coefficient (Wildman–Crippen LogP) is 1.67. The van der Waals surface area contributed by atoms with E-state index >= 15 is 0 Å². The van der Waals surface area contributed by atoms with E-state index in [2.05, 4.69) is 10.3 Å². The number of pyridine rings is 1. The molecule has 0 unspecified atom stereocenters. The van der Waals surface area contributed by atoms with E-state index in [0.717, 1.165) is 45.6 Å². The van der Waals surface area contributed by atoms with E-state index in [1.165, 1.54) is 6.07 Å². The van der Waals surface area contributed by atoms with Gasteiger partial charge in [0.1, 0.15) is 0 Å². The first-order valence-electron chi connectivity index (χ1n) is 6.86. The SMILES string of the molecule is COCCNCC1CCN(c2ncccc2F)CC1. The largest absolute Gasteiger partial charge is 0.383 e. The van der Waals surface area contributed by atoms with E-state index in [0.29, 0.717) is 11.7 Å². The molecule has 0 spiro atoms. The fraction of sp³-hybridized carbons (Fsp3) is 0.643. The molecule has 1 aromatic rings. The number of nitrogens with one attached hydrogen (secondary N) is 1. The lowest BCUT2D eigenvalue weighted by molar-refractivity contribution is 0.196. The van der Waals surface area contributed by atoms with Crippen LogP contribution in [-0.2, 0) is 4.74 Å². The highest BCUT2D eigenvalue weighted by atomic mass is 19.1. The van der Waals surface area contributed by atoms with Gasteiger partial charge in [-0.1, -0.05) is 0 Å². The molecule has 1 aliphatic rings. The maximum absolute atomic E-state index is 13.6. The highest BCUT2D eigenvalue weighted by Gasteiger charge is 2.21. The van der Waals surface area contributed by atoms with Gasteiger partial charge in [0.25, 0.3) is 0 Å². The number of hydrogen-bond acceptors (Lipinski definition) is 4. The second kappa shape index (κ2) is 7.40. The van der Waals surface area contributed by atoms with Crippen LogP contribution in [0.3, 0.4) is 0 Å². The van der Waals surface area contributed by atoms with E-state index in [9.17, 15) is 4.39 Å². The second-order valence-corrected chi connectivity index (χ2v) is 4.94. The molecule has 1 N–H and O–H groups in total. The molecule has 0 atom stereocenters. The van der Waals surface area contributed by atoms with Crippen molar-refractivity contribution in [1.82, 2.24) is 10.3 Å².